The minimum atomic E-state index is 0.0319. The number of nitrogens with zero attached hydrogens (tertiary/aromatic N) is 2. The molecule has 1 rings (SSSR count). The molecule has 0 unspecified atom stereocenters. The molecule has 13 heavy (non-hydrogen) atoms. The lowest BCUT2D eigenvalue weighted by Gasteiger charge is -1.99. The van der Waals surface area contributed by atoms with E-state index < -0.39 is 0 Å². The van der Waals surface area contributed by atoms with Crippen LogP contribution in [0.3, 0.4) is 0 Å². The van der Waals surface area contributed by atoms with Crippen molar-refractivity contribution >= 4 is 6.47 Å². The molecule has 0 radical (unpaired) electrons. The third-order valence-electron chi connectivity index (χ3n) is 1.41. The number of hydrogen-bond donors (Lipinski definition) is 1. The van der Waals surface area contributed by atoms with Crippen LogP contribution in [0.4, 0.5) is 0 Å². The van der Waals surface area contributed by atoms with Crippen molar-refractivity contribution < 1.29 is 14.6 Å². The van der Waals surface area contributed by atoms with Gasteiger partial charge in [0, 0.05) is 24.4 Å². The monoisotopic (exact) mass is 182 g/mol. The Morgan fingerprint density at radius 2 is 2.15 bits per heavy atom. The maximum atomic E-state index is 9.85. The normalized spacial score (nSPS) is 9.62. The summed E-state index contributed by atoms with van der Waals surface area (Å²) in [5, 5.41) is 8.58. The molecule has 5 nitrogen and oxygen atoms in total. The van der Waals surface area contributed by atoms with Gasteiger partial charge in [0.05, 0.1) is 6.61 Å². The highest BCUT2D eigenvalue weighted by atomic mass is 16.5. The van der Waals surface area contributed by atoms with Crippen molar-refractivity contribution in [1.82, 2.24) is 9.97 Å². The van der Waals surface area contributed by atoms with Gasteiger partial charge in [-0.05, 0) is 0 Å². The zero-order chi connectivity index (χ0) is 9.52. The summed E-state index contributed by atoms with van der Waals surface area (Å²) in [4.78, 5) is 17.8. The molecule has 0 atom stereocenters. The molecule has 0 saturated carbocycles. The van der Waals surface area contributed by atoms with Crippen LogP contribution >= 0.6 is 0 Å². The van der Waals surface area contributed by atoms with Crippen molar-refractivity contribution in [3.8, 4) is 0 Å². The minimum absolute atomic E-state index is 0.0319. The van der Waals surface area contributed by atoms with Gasteiger partial charge in [0.25, 0.3) is 6.47 Å². The van der Waals surface area contributed by atoms with E-state index in [2.05, 4.69) is 14.7 Å². The summed E-state index contributed by atoms with van der Waals surface area (Å²) in [6.45, 7) is 0.592. The van der Waals surface area contributed by atoms with Gasteiger partial charge >= 0.3 is 0 Å². The predicted molar refractivity (Wildman–Crippen MR) is 43.7 cm³/mol. The molecule has 0 amide bonds. The van der Waals surface area contributed by atoms with Crippen molar-refractivity contribution in [3.63, 3.8) is 0 Å². The number of rotatable bonds is 5. The molecule has 1 aromatic heterocycles. The summed E-state index contributed by atoms with van der Waals surface area (Å²) < 4.78 is 4.51. The Morgan fingerprint density at radius 1 is 1.46 bits per heavy atom. The molecule has 0 fully saturated rings. The topological polar surface area (TPSA) is 72.3 Å². The van der Waals surface area contributed by atoms with Crippen LogP contribution < -0.4 is 0 Å². The van der Waals surface area contributed by atoms with Crippen LogP contribution in [-0.2, 0) is 22.6 Å². The smallest absolute Gasteiger partial charge is 0.293 e. The van der Waals surface area contributed by atoms with Crippen molar-refractivity contribution in [2.75, 3.05) is 6.61 Å². The van der Waals surface area contributed by atoms with Crippen molar-refractivity contribution in [3.05, 3.63) is 23.8 Å². The Kier molecular flexibility index (Phi) is 3.84. The molecule has 1 aromatic rings. The van der Waals surface area contributed by atoms with Gasteiger partial charge in [-0.15, -0.1) is 0 Å². The molecule has 0 bridgehead atoms. The van der Waals surface area contributed by atoms with E-state index in [9.17, 15) is 4.79 Å². The van der Waals surface area contributed by atoms with E-state index in [-0.39, 0.29) is 13.2 Å². The second-order valence-corrected chi connectivity index (χ2v) is 2.39. The summed E-state index contributed by atoms with van der Waals surface area (Å²) >= 11 is 0. The van der Waals surface area contributed by atoms with Crippen LogP contribution in [0.25, 0.3) is 0 Å². The lowest BCUT2D eigenvalue weighted by molar-refractivity contribution is -0.129. The number of hydrogen-bond acceptors (Lipinski definition) is 5. The Hall–Kier alpha value is -1.49. The average Bonchev–Trinajstić information content (AvgIpc) is 2.17. The maximum absolute atomic E-state index is 9.85. The van der Waals surface area contributed by atoms with Crippen molar-refractivity contribution in [1.29, 1.82) is 0 Å². The van der Waals surface area contributed by atoms with Crippen molar-refractivity contribution in [2.45, 2.75) is 13.0 Å². The van der Waals surface area contributed by atoms with Gasteiger partial charge in [-0.3, -0.25) is 4.79 Å². The molecule has 0 saturated heterocycles. The highest BCUT2D eigenvalue weighted by Crippen LogP contribution is 1.97. The zero-order valence-electron chi connectivity index (χ0n) is 7.01. The number of ether oxygens (including phenoxy) is 1. The molecule has 0 spiro atoms. The zero-order valence-corrected chi connectivity index (χ0v) is 7.01. The summed E-state index contributed by atoms with van der Waals surface area (Å²) in [5.41, 5.74) is 0.730. The fraction of sp³-hybridized carbons (Fsp3) is 0.375. The Balaban J connectivity index is 2.53. The summed E-state index contributed by atoms with van der Waals surface area (Å²) in [6.07, 6.45) is 3.58. The predicted octanol–water partition coefficient (Wildman–Crippen LogP) is -0.316. The average molecular weight is 182 g/mol. The lowest BCUT2D eigenvalue weighted by atomic mass is 10.3. The van der Waals surface area contributed by atoms with E-state index in [0.29, 0.717) is 18.7 Å². The first-order valence-corrected chi connectivity index (χ1v) is 3.82. The lowest BCUT2D eigenvalue weighted by Crippen LogP contribution is -2.00. The number of carbonyl (C=O) groups is 1. The third-order valence-corrected chi connectivity index (χ3v) is 1.41. The van der Waals surface area contributed by atoms with E-state index in [1.807, 2.05) is 0 Å². The summed E-state index contributed by atoms with van der Waals surface area (Å²) in [6, 6.07) is 0. The second kappa shape index (κ2) is 5.21. The van der Waals surface area contributed by atoms with E-state index in [0.717, 1.165) is 5.56 Å². The molecule has 0 aliphatic carbocycles. The van der Waals surface area contributed by atoms with Gasteiger partial charge in [-0.1, -0.05) is 0 Å². The SMILES string of the molecule is O=COCc1cnc(CCO)nc1. The van der Waals surface area contributed by atoms with E-state index in [1.54, 1.807) is 12.4 Å². The molecule has 70 valence electrons. The third kappa shape index (κ3) is 3.16. The van der Waals surface area contributed by atoms with Gasteiger partial charge in [0.15, 0.2) is 0 Å². The largest absolute Gasteiger partial charge is 0.463 e. The van der Waals surface area contributed by atoms with Crippen LogP contribution in [0.15, 0.2) is 12.4 Å². The van der Waals surface area contributed by atoms with Crippen LogP contribution in [0.1, 0.15) is 11.4 Å². The van der Waals surface area contributed by atoms with Crippen LogP contribution in [0, 0.1) is 0 Å². The van der Waals surface area contributed by atoms with Crippen LogP contribution in [-0.4, -0.2) is 28.2 Å². The Morgan fingerprint density at radius 3 is 2.69 bits per heavy atom. The standard InChI is InChI=1S/C8H10N2O3/c11-2-1-8-9-3-7(4-10-8)5-13-6-12/h3-4,6,11H,1-2,5H2. The maximum Gasteiger partial charge on any atom is 0.293 e. The van der Waals surface area contributed by atoms with E-state index in [1.165, 1.54) is 0 Å². The molecule has 1 heterocycles. The summed E-state index contributed by atoms with van der Waals surface area (Å²) in [7, 11) is 0. The minimum Gasteiger partial charge on any atom is -0.463 e. The van der Waals surface area contributed by atoms with Gasteiger partial charge in [-0.2, -0.15) is 0 Å². The van der Waals surface area contributed by atoms with Gasteiger partial charge in [0.1, 0.15) is 12.4 Å². The molecule has 0 aliphatic heterocycles. The van der Waals surface area contributed by atoms with Gasteiger partial charge in [0.2, 0.25) is 0 Å². The molecule has 0 aromatic carbocycles. The van der Waals surface area contributed by atoms with Gasteiger partial charge in [-0.25, -0.2) is 9.97 Å². The number of aliphatic hydroxyl groups is 1. The number of aromatic nitrogens is 2. The fourth-order valence-corrected chi connectivity index (χ4v) is 0.815. The highest BCUT2D eigenvalue weighted by Gasteiger charge is 1.96. The first kappa shape index (κ1) is 9.60. The fourth-order valence-electron chi connectivity index (χ4n) is 0.815. The van der Waals surface area contributed by atoms with Gasteiger partial charge < -0.3 is 9.84 Å². The summed E-state index contributed by atoms with van der Waals surface area (Å²) in [5.74, 6) is 0.581. The number of carbonyl (C=O) groups excluding carboxylic acids is 1. The first-order chi connectivity index (χ1) is 6.36. The van der Waals surface area contributed by atoms with E-state index in [4.69, 9.17) is 5.11 Å². The van der Waals surface area contributed by atoms with Crippen LogP contribution in [0.5, 0.6) is 0 Å². The molecular formula is C8H10N2O3. The molecule has 0 aliphatic rings. The first-order valence-electron chi connectivity index (χ1n) is 3.82. The Labute approximate surface area is 75.4 Å². The van der Waals surface area contributed by atoms with Crippen molar-refractivity contribution in [2.24, 2.45) is 0 Å². The second-order valence-electron chi connectivity index (χ2n) is 2.39. The number of aliphatic hydroxyl groups excluding tert-OH is 1. The Bertz CT molecular complexity index is 261. The van der Waals surface area contributed by atoms with E-state index >= 15 is 0 Å². The quantitative estimate of drug-likeness (QED) is 0.632. The van der Waals surface area contributed by atoms with Crippen LogP contribution in [0.2, 0.25) is 0 Å². The molecule has 1 N–H and O–H groups in total. The highest BCUT2D eigenvalue weighted by molar-refractivity contribution is 5.37. The molecular weight excluding hydrogens is 172 g/mol. The molecule has 5 heteroatoms.